The molecule has 2 aromatic rings. The van der Waals surface area contributed by atoms with Gasteiger partial charge < -0.3 is 19.5 Å². The standard InChI is InChI=1S/C18H19N3O4/c1-25-15-11-13(7-8-14(15)21-10-4-6-18(21)24)19-16(22)12-20-9-3-2-5-17(20)23/h2-3,5,7-9,11H,4,6,10,12H2,1H3,(H,19,22). The van der Waals surface area contributed by atoms with Gasteiger partial charge in [0, 0.05) is 37.0 Å². The first-order valence-electron chi connectivity index (χ1n) is 8.02. The normalized spacial score (nSPS) is 13.8. The van der Waals surface area contributed by atoms with Crippen LogP contribution >= 0.6 is 0 Å². The highest BCUT2D eigenvalue weighted by molar-refractivity contribution is 5.97. The molecule has 2 amide bonds. The van der Waals surface area contributed by atoms with Crippen LogP contribution in [0.3, 0.4) is 0 Å². The fourth-order valence-electron chi connectivity index (χ4n) is 2.83. The van der Waals surface area contributed by atoms with Gasteiger partial charge in [0.05, 0.1) is 12.8 Å². The Morgan fingerprint density at radius 1 is 1.24 bits per heavy atom. The van der Waals surface area contributed by atoms with Gasteiger partial charge in [-0.2, -0.15) is 0 Å². The number of rotatable bonds is 5. The summed E-state index contributed by atoms with van der Waals surface area (Å²) >= 11 is 0. The second-order valence-electron chi connectivity index (χ2n) is 5.75. The maximum atomic E-state index is 12.2. The molecule has 25 heavy (non-hydrogen) atoms. The van der Waals surface area contributed by atoms with Crippen molar-refractivity contribution >= 4 is 23.2 Å². The number of hydrogen-bond acceptors (Lipinski definition) is 4. The smallest absolute Gasteiger partial charge is 0.250 e. The quantitative estimate of drug-likeness (QED) is 0.896. The van der Waals surface area contributed by atoms with Gasteiger partial charge >= 0.3 is 0 Å². The molecule has 1 N–H and O–H groups in total. The highest BCUT2D eigenvalue weighted by Crippen LogP contribution is 2.33. The number of hydrogen-bond donors (Lipinski definition) is 1. The number of nitrogens with zero attached hydrogens (tertiary/aromatic N) is 2. The van der Waals surface area contributed by atoms with E-state index >= 15 is 0 Å². The number of aromatic nitrogens is 1. The average molecular weight is 341 g/mol. The molecule has 0 saturated carbocycles. The molecule has 0 unspecified atom stereocenters. The summed E-state index contributed by atoms with van der Waals surface area (Å²) in [5, 5.41) is 2.74. The molecule has 1 aromatic carbocycles. The Hall–Kier alpha value is -3.09. The van der Waals surface area contributed by atoms with E-state index in [0.29, 0.717) is 30.1 Å². The summed E-state index contributed by atoms with van der Waals surface area (Å²) in [6.07, 6.45) is 2.92. The summed E-state index contributed by atoms with van der Waals surface area (Å²) in [7, 11) is 1.52. The Kier molecular flexibility index (Phi) is 4.83. The molecule has 1 fully saturated rings. The van der Waals surface area contributed by atoms with E-state index in [1.54, 1.807) is 41.4 Å². The topological polar surface area (TPSA) is 80.6 Å². The third-order valence-corrected chi connectivity index (χ3v) is 4.04. The van der Waals surface area contributed by atoms with E-state index in [0.717, 1.165) is 6.42 Å². The van der Waals surface area contributed by atoms with Crippen LogP contribution in [0.4, 0.5) is 11.4 Å². The minimum absolute atomic E-state index is 0.0681. The van der Waals surface area contributed by atoms with Crippen LogP contribution in [0.15, 0.2) is 47.4 Å². The predicted octanol–water partition coefficient (Wildman–Crippen LogP) is 1.62. The fourth-order valence-corrected chi connectivity index (χ4v) is 2.83. The molecule has 2 heterocycles. The molecule has 0 bridgehead atoms. The van der Waals surface area contributed by atoms with Gasteiger partial charge in [-0.15, -0.1) is 0 Å². The van der Waals surface area contributed by atoms with Crippen molar-refractivity contribution in [3.8, 4) is 5.75 Å². The summed E-state index contributed by atoms with van der Waals surface area (Å²) in [5.41, 5.74) is 1.00. The highest BCUT2D eigenvalue weighted by Gasteiger charge is 2.24. The molecule has 1 aliphatic heterocycles. The fraction of sp³-hybridized carbons (Fsp3) is 0.278. The zero-order valence-corrected chi connectivity index (χ0v) is 13.9. The van der Waals surface area contributed by atoms with Crippen LogP contribution in [0.25, 0.3) is 0 Å². The number of ether oxygens (including phenoxy) is 1. The Balaban J connectivity index is 1.75. The average Bonchev–Trinajstić information content (AvgIpc) is 3.02. The molecule has 1 saturated heterocycles. The first-order valence-corrected chi connectivity index (χ1v) is 8.02. The molecule has 1 aliphatic rings. The maximum Gasteiger partial charge on any atom is 0.250 e. The summed E-state index contributed by atoms with van der Waals surface area (Å²) in [6.45, 7) is 0.589. The van der Waals surface area contributed by atoms with Crippen molar-refractivity contribution in [2.45, 2.75) is 19.4 Å². The van der Waals surface area contributed by atoms with E-state index in [1.807, 2.05) is 0 Å². The lowest BCUT2D eigenvalue weighted by molar-refractivity contribution is -0.117. The van der Waals surface area contributed by atoms with Gasteiger partial charge in [0.25, 0.3) is 5.56 Å². The Labute approximate surface area is 144 Å². The van der Waals surface area contributed by atoms with Gasteiger partial charge in [0.1, 0.15) is 12.3 Å². The van der Waals surface area contributed by atoms with Crippen molar-refractivity contribution < 1.29 is 14.3 Å². The predicted molar refractivity (Wildman–Crippen MR) is 93.9 cm³/mol. The van der Waals surface area contributed by atoms with E-state index in [1.165, 1.54) is 17.7 Å². The number of benzene rings is 1. The third kappa shape index (κ3) is 3.71. The molecular formula is C18H19N3O4. The van der Waals surface area contributed by atoms with Crippen LogP contribution in [0.1, 0.15) is 12.8 Å². The summed E-state index contributed by atoms with van der Waals surface area (Å²) in [4.78, 5) is 37.4. The summed E-state index contributed by atoms with van der Waals surface area (Å²) in [5.74, 6) is 0.267. The number of carbonyl (C=O) groups is 2. The van der Waals surface area contributed by atoms with Crippen molar-refractivity contribution in [1.29, 1.82) is 0 Å². The van der Waals surface area contributed by atoms with Crippen molar-refractivity contribution in [1.82, 2.24) is 4.57 Å². The Morgan fingerprint density at radius 3 is 2.76 bits per heavy atom. The highest BCUT2D eigenvalue weighted by atomic mass is 16.5. The van der Waals surface area contributed by atoms with Gasteiger partial charge in [0.2, 0.25) is 11.8 Å². The van der Waals surface area contributed by atoms with Gasteiger partial charge in [-0.25, -0.2) is 0 Å². The number of carbonyl (C=O) groups excluding carboxylic acids is 2. The molecule has 7 nitrogen and oxygen atoms in total. The van der Waals surface area contributed by atoms with E-state index in [9.17, 15) is 14.4 Å². The van der Waals surface area contributed by atoms with Crippen molar-refractivity contribution in [3.05, 3.63) is 52.9 Å². The molecule has 1 aromatic heterocycles. The van der Waals surface area contributed by atoms with E-state index in [4.69, 9.17) is 4.74 Å². The SMILES string of the molecule is COc1cc(NC(=O)Cn2ccccc2=O)ccc1N1CCCC1=O. The third-order valence-electron chi connectivity index (χ3n) is 4.04. The van der Waals surface area contributed by atoms with Crippen molar-refractivity contribution in [2.24, 2.45) is 0 Å². The van der Waals surface area contributed by atoms with E-state index < -0.39 is 0 Å². The molecule has 7 heteroatoms. The maximum absolute atomic E-state index is 12.2. The van der Waals surface area contributed by atoms with Crippen LogP contribution in [-0.4, -0.2) is 30.0 Å². The monoisotopic (exact) mass is 341 g/mol. The van der Waals surface area contributed by atoms with Crippen molar-refractivity contribution in [2.75, 3.05) is 23.9 Å². The minimum Gasteiger partial charge on any atom is -0.494 e. The van der Waals surface area contributed by atoms with Gasteiger partial charge in [-0.1, -0.05) is 6.07 Å². The van der Waals surface area contributed by atoms with Crippen molar-refractivity contribution in [3.63, 3.8) is 0 Å². The first-order chi connectivity index (χ1) is 12.1. The Morgan fingerprint density at radius 2 is 2.08 bits per heavy atom. The van der Waals surface area contributed by atoms with Crippen LogP contribution in [-0.2, 0) is 16.1 Å². The molecule has 3 rings (SSSR count). The molecule has 0 radical (unpaired) electrons. The Bertz CT molecular complexity index is 859. The lowest BCUT2D eigenvalue weighted by atomic mass is 10.2. The largest absolute Gasteiger partial charge is 0.494 e. The van der Waals surface area contributed by atoms with Crippen LogP contribution in [0.2, 0.25) is 0 Å². The zero-order chi connectivity index (χ0) is 17.8. The number of amides is 2. The minimum atomic E-state index is -0.319. The number of anilines is 2. The van der Waals surface area contributed by atoms with Gasteiger partial charge in [-0.3, -0.25) is 14.4 Å². The van der Waals surface area contributed by atoms with E-state index in [-0.39, 0.29) is 23.9 Å². The summed E-state index contributed by atoms with van der Waals surface area (Å²) in [6, 6.07) is 9.87. The molecule has 0 spiro atoms. The number of methoxy groups -OCH3 is 1. The second-order valence-corrected chi connectivity index (χ2v) is 5.75. The van der Waals surface area contributed by atoms with Gasteiger partial charge in [0.15, 0.2) is 0 Å². The zero-order valence-electron chi connectivity index (χ0n) is 13.9. The lowest BCUT2D eigenvalue weighted by Gasteiger charge is -2.19. The van der Waals surface area contributed by atoms with Gasteiger partial charge in [-0.05, 0) is 24.6 Å². The molecule has 130 valence electrons. The summed E-state index contributed by atoms with van der Waals surface area (Å²) < 4.78 is 6.69. The van der Waals surface area contributed by atoms with Crippen LogP contribution in [0.5, 0.6) is 5.75 Å². The molecular weight excluding hydrogens is 322 g/mol. The molecule has 0 aliphatic carbocycles. The number of pyridine rings is 1. The molecule has 0 atom stereocenters. The van der Waals surface area contributed by atoms with E-state index in [2.05, 4.69) is 5.32 Å². The van der Waals surface area contributed by atoms with Crippen LogP contribution in [0, 0.1) is 0 Å². The lowest BCUT2D eigenvalue weighted by Crippen LogP contribution is -2.26. The first kappa shape index (κ1) is 16.8. The number of nitrogens with one attached hydrogen (secondary N) is 1. The van der Waals surface area contributed by atoms with Crippen LogP contribution < -0.4 is 20.5 Å². The second kappa shape index (κ2) is 7.21.